The summed E-state index contributed by atoms with van der Waals surface area (Å²) in [5, 5.41) is 19.6. The van der Waals surface area contributed by atoms with Crippen LogP contribution in [0, 0.1) is 0 Å². The molecule has 2 N–H and O–H groups in total. The Morgan fingerprint density at radius 2 is 2.05 bits per heavy atom. The van der Waals surface area contributed by atoms with E-state index in [0.29, 0.717) is 6.42 Å². The number of piperidine rings is 1. The number of rotatable bonds is 4. The molecule has 0 aromatic heterocycles. The van der Waals surface area contributed by atoms with E-state index in [-0.39, 0.29) is 36.9 Å². The average Bonchev–Trinajstić information content (AvgIpc) is 2.68. The van der Waals surface area contributed by atoms with Gasteiger partial charge in [0, 0.05) is 24.9 Å². The Balaban J connectivity index is 1.65. The van der Waals surface area contributed by atoms with Gasteiger partial charge in [0.25, 0.3) is 0 Å². The van der Waals surface area contributed by atoms with Gasteiger partial charge in [-0.2, -0.15) is 0 Å². The van der Waals surface area contributed by atoms with Gasteiger partial charge in [0.15, 0.2) is 0 Å². The number of esters is 1. The smallest absolute Gasteiger partial charge is 0.316 e. The summed E-state index contributed by atoms with van der Waals surface area (Å²) in [6.45, 7) is -0.259. The lowest BCUT2D eigenvalue weighted by molar-refractivity contribution is -0.155. The van der Waals surface area contributed by atoms with Gasteiger partial charge < -0.3 is 14.9 Å². The Labute approximate surface area is 130 Å². The minimum absolute atomic E-state index is 0.0702. The van der Waals surface area contributed by atoms with E-state index in [2.05, 4.69) is 4.90 Å². The van der Waals surface area contributed by atoms with Gasteiger partial charge >= 0.3 is 5.97 Å². The molecular weight excluding hydrogens is 282 g/mol. The minimum atomic E-state index is -0.636. The number of aliphatic hydroxyl groups excluding tert-OH is 2. The molecule has 0 spiro atoms. The molecule has 1 aromatic carbocycles. The van der Waals surface area contributed by atoms with Crippen LogP contribution in [0.15, 0.2) is 30.3 Å². The van der Waals surface area contributed by atoms with E-state index in [1.807, 2.05) is 37.4 Å². The first-order valence-electron chi connectivity index (χ1n) is 7.86. The van der Waals surface area contributed by atoms with Gasteiger partial charge in [0.05, 0.1) is 12.7 Å². The maximum atomic E-state index is 12.4. The standard InChI is InChI=1S/C17H23NO4/c1-18-12-7-13(9-15(18)16(20)8-12)22-17(21)14(10-19)11-5-3-2-4-6-11/h2-6,12-16,19-20H,7-10H2,1H3/t12-,13-,14?,15+,16?/m1/s1. The predicted octanol–water partition coefficient (Wildman–Crippen LogP) is 0.902. The number of nitrogens with zero attached hydrogens (tertiary/aromatic N) is 1. The molecule has 120 valence electrons. The molecule has 3 rings (SSSR count). The summed E-state index contributed by atoms with van der Waals surface area (Å²) in [5.74, 6) is -1.01. The molecule has 0 saturated carbocycles. The number of likely N-dealkylation sites (N-methyl/N-ethyl adjacent to an activating group) is 1. The summed E-state index contributed by atoms with van der Waals surface area (Å²) < 4.78 is 5.64. The van der Waals surface area contributed by atoms with Crippen LogP contribution in [-0.2, 0) is 9.53 Å². The zero-order chi connectivity index (χ0) is 15.7. The molecule has 2 heterocycles. The third kappa shape index (κ3) is 2.89. The average molecular weight is 305 g/mol. The van der Waals surface area contributed by atoms with Crippen molar-refractivity contribution in [2.24, 2.45) is 0 Å². The van der Waals surface area contributed by atoms with E-state index in [1.54, 1.807) is 0 Å². The van der Waals surface area contributed by atoms with Crippen LogP contribution in [0.25, 0.3) is 0 Å². The number of ether oxygens (including phenoxy) is 1. The second-order valence-electron chi connectivity index (χ2n) is 6.37. The fourth-order valence-corrected chi connectivity index (χ4v) is 3.74. The van der Waals surface area contributed by atoms with Crippen LogP contribution in [0.2, 0.25) is 0 Å². The van der Waals surface area contributed by atoms with Gasteiger partial charge in [0.2, 0.25) is 0 Å². The lowest BCUT2D eigenvalue weighted by atomic mass is 9.98. The Morgan fingerprint density at radius 1 is 1.32 bits per heavy atom. The molecule has 2 aliphatic rings. The normalized spacial score (nSPS) is 32.7. The fourth-order valence-electron chi connectivity index (χ4n) is 3.74. The largest absolute Gasteiger partial charge is 0.462 e. The minimum Gasteiger partial charge on any atom is -0.462 e. The SMILES string of the molecule is CN1[C@H]2CC(O)[C@@H]1C[C@H](OC(=O)C(CO)c1ccccc1)C2. The van der Waals surface area contributed by atoms with Crippen molar-refractivity contribution in [3.05, 3.63) is 35.9 Å². The lowest BCUT2D eigenvalue weighted by Gasteiger charge is -2.36. The molecule has 5 heteroatoms. The number of benzene rings is 1. The van der Waals surface area contributed by atoms with Crippen molar-refractivity contribution in [1.82, 2.24) is 4.90 Å². The predicted molar refractivity (Wildman–Crippen MR) is 81.3 cm³/mol. The van der Waals surface area contributed by atoms with Crippen molar-refractivity contribution in [2.45, 2.75) is 49.5 Å². The molecule has 0 aliphatic carbocycles. The Morgan fingerprint density at radius 3 is 2.68 bits per heavy atom. The Kier molecular flexibility index (Phi) is 4.47. The number of hydrogen-bond acceptors (Lipinski definition) is 5. The van der Waals surface area contributed by atoms with E-state index < -0.39 is 5.92 Å². The molecule has 5 atom stereocenters. The second kappa shape index (κ2) is 6.36. The monoisotopic (exact) mass is 305 g/mol. The van der Waals surface area contributed by atoms with Crippen LogP contribution in [-0.4, -0.2) is 59.0 Å². The second-order valence-corrected chi connectivity index (χ2v) is 6.37. The Bertz CT molecular complexity index is 521. The van der Waals surface area contributed by atoms with Crippen molar-refractivity contribution in [2.75, 3.05) is 13.7 Å². The molecular formula is C17H23NO4. The van der Waals surface area contributed by atoms with Gasteiger partial charge in [-0.3, -0.25) is 9.69 Å². The van der Waals surface area contributed by atoms with E-state index in [1.165, 1.54) is 0 Å². The maximum Gasteiger partial charge on any atom is 0.316 e. The third-order valence-electron chi connectivity index (χ3n) is 5.05. The highest BCUT2D eigenvalue weighted by Crippen LogP contribution is 2.36. The third-order valence-corrected chi connectivity index (χ3v) is 5.05. The van der Waals surface area contributed by atoms with Crippen molar-refractivity contribution < 1.29 is 19.7 Å². The molecule has 5 nitrogen and oxygen atoms in total. The molecule has 2 fully saturated rings. The summed E-state index contributed by atoms with van der Waals surface area (Å²) in [4.78, 5) is 14.6. The number of hydrogen-bond donors (Lipinski definition) is 2. The van der Waals surface area contributed by atoms with E-state index in [0.717, 1.165) is 18.4 Å². The van der Waals surface area contributed by atoms with E-state index in [9.17, 15) is 15.0 Å². The van der Waals surface area contributed by atoms with Crippen molar-refractivity contribution >= 4 is 5.97 Å². The molecule has 0 amide bonds. The van der Waals surface area contributed by atoms with Crippen molar-refractivity contribution in [3.63, 3.8) is 0 Å². The molecule has 2 unspecified atom stereocenters. The highest BCUT2D eigenvalue weighted by atomic mass is 16.5. The van der Waals surface area contributed by atoms with Gasteiger partial charge in [-0.15, -0.1) is 0 Å². The molecule has 2 bridgehead atoms. The molecule has 2 saturated heterocycles. The number of carbonyl (C=O) groups is 1. The summed E-state index contributed by atoms with van der Waals surface area (Å²) in [7, 11) is 2.02. The highest BCUT2D eigenvalue weighted by molar-refractivity contribution is 5.78. The van der Waals surface area contributed by atoms with Gasteiger partial charge in [-0.25, -0.2) is 0 Å². The van der Waals surface area contributed by atoms with Crippen LogP contribution < -0.4 is 0 Å². The molecule has 1 aromatic rings. The molecule has 0 radical (unpaired) electrons. The quantitative estimate of drug-likeness (QED) is 0.809. The first kappa shape index (κ1) is 15.5. The van der Waals surface area contributed by atoms with Gasteiger partial charge in [0.1, 0.15) is 12.0 Å². The van der Waals surface area contributed by atoms with Gasteiger partial charge in [-0.1, -0.05) is 30.3 Å². The summed E-state index contributed by atoms with van der Waals surface area (Å²) in [5.41, 5.74) is 0.769. The van der Waals surface area contributed by atoms with Crippen LogP contribution >= 0.6 is 0 Å². The zero-order valence-corrected chi connectivity index (χ0v) is 12.8. The first-order chi connectivity index (χ1) is 10.6. The first-order valence-corrected chi connectivity index (χ1v) is 7.86. The zero-order valence-electron chi connectivity index (χ0n) is 12.8. The van der Waals surface area contributed by atoms with Crippen molar-refractivity contribution in [3.8, 4) is 0 Å². The van der Waals surface area contributed by atoms with Crippen LogP contribution in [0.1, 0.15) is 30.7 Å². The van der Waals surface area contributed by atoms with Crippen LogP contribution in [0.4, 0.5) is 0 Å². The summed E-state index contributed by atoms with van der Waals surface area (Å²) in [6, 6.07) is 9.56. The van der Waals surface area contributed by atoms with E-state index in [4.69, 9.17) is 4.74 Å². The maximum absolute atomic E-state index is 12.4. The summed E-state index contributed by atoms with van der Waals surface area (Å²) in [6.07, 6.45) is 1.66. The number of carbonyl (C=O) groups excluding carboxylic acids is 1. The molecule has 2 aliphatic heterocycles. The number of fused-ring (bicyclic) bond motifs is 2. The van der Waals surface area contributed by atoms with Gasteiger partial charge in [-0.05, 0) is 19.0 Å². The fraction of sp³-hybridized carbons (Fsp3) is 0.588. The van der Waals surface area contributed by atoms with Crippen LogP contribution in [0.3, 0.4) is 0 Å². The summed E-state index contributed by atoms with van der Waals surface area (Å²) >= 11 is 0. The highest BCUT2D eigenvalue weighted by Gasteiger charge is 2.45. The topological polar surface area (TPSA) is 70.0 Å². The van der Waals surface area contributed by atoms with Crippen LogP contribution in [0.5, 0.6) is 0 Å². The number of aliphatic hydroxyl groups is 2. The lowest BCUT2D eigenvalue weighted by Crippen LogP contribution is -2.45. The van der Waals surface area contributed by atoms with Crippen molar-refractivity contribution in [1.29, 1.82) is 0 Å². The Hall–Kier alpha value is -1.43. The molecule has 22 heavy (non-hydrogen) atoms. The van der Waals surface area contributed by atoms with E-state index >= 15 is 0 Å².